The number of carbonyl (C=O) groups excluding carboxylic acids is 1. The summed E-state index contributed by atoms with van der Waals surface area (Å²) in [6.07, 6.45) is 0. The Kier molecular flexibility index (Phi) is 6.97. The third kappa shape index (κ3) is 5.42. The van der Waals surface area contributed by atoms with E-state index in [2.05, 4.69) is 17.0 Å². The highest BCUT2D eigenvalue weighted by atomic mass is 16.5. The van der Waals surface area contributed by atoms with E-state index in [0.29, 0.717) is 30.4 Å². The lowest BCUT2D eigenvalue weighted by atomic mass is 10.2. The molecule has 0 unspecified atom stereocenters. The van der Waals surface area contributed by atoms with Crippen molar-refractivity contribution in [1.29, 1.82) is 0 Å². The number of methoxy groups -OCH3 is 2. The molecular weight excluding hydrogens is 408 g/mol. The molecule has 0 atom stereocenters. The number of hydrogen-bond donors (Lipinski definition) is 0. The Morgan fingerprint density at radius 2 is 1.56 bits per heavy atom. The fraction of sp³-hybridized carbons (Fsp3) is 0.320. The van der Waals surface area contributed by atoms with Crippen molar-refractivity contribution in [3.8, 4) is 17.2 Å². The van der Waals surface area contributed by atoms with Gasteiger partial charge in [-0.15, -0.1) is 0 Å². The van der Waals surface area contributed by atoms with Gasteiger partial charge in [0.1, 0.15) is 29.6 Å². The van der Waals surface area contributed by atoms with Gasteiger partial charge in [-0.1, -0.05) is 18.2 Å². The summed E-state index contributed by atoms with van der Waals surface area (Å²) in [4.78, 5) is 17.0. The lowest BCUT2D eigenvalue weighted by Crippen LogP contribution is -2.48. The summed E-state index contributed by atoms with van der Waals surface area (Å²) in [7, 11) is 3.29. The fourth-order valence-electron chi connectivity index (χ4n) is 3.71. The van der Waals surface area contributed by atoms with Gasteiger partial charge in [-0.3, -0.25) is 9.69 Å². The van der Waals surface area contributed by atoms with Crippen LogP contribution in [-0.2, 0) is 13.2 Å². The number of hydrogen-bond acceptors (Lipinski definition) is 6. The largest absolute Gasteiger partial charge is 0.497 e. The van der Waals surface area contributed by atoms with Gasteiger partial charge >= 0.3 is 0 Å². The highest BCUT2D eigenvalue weighted by Gasteiger charge is 2.24. The van der Waals surface area contributed by atoms with Crippen molar-refractivity contribution in [2.24, 2.45) is 0 Å². The smallest absolute Gasteiger partial charge is 0.289 e. The van der Waals surface area contributed by atoms with Gasteiger partial charge in [0.15, 0.2) is 5.76 Å². The van der Waals surface area contributed by atoms with E-state index in [-0.39, 0.29) is 12.5 Å². The first-order valence-electron chi connectivity index (χ1n) is 10.6. The predicted octanol–water partition coefficient (Wildman–Crippen LogP) is 3.83. The maximum absolute atomic E-state index is 12.9. The van der Waals surface area contributed by atoms with Crippen molar-refractivity contribution in [2.75, 3.05) is 40.4 Å². The minimum Gasteiger partial charge on any atom is -0.497 e. The predicted molar refractivity (Wildman–Crippen MR) is 120 cm³/mol. The number of piperazine rings is 1. The van der Waals surface area contributed by atoms with Crippen LogP contribution in [0.5, 0.6) is 17.2 Å². The normalized spacial score (nSPS) is 14.2. The molecule has 1 aliphatic heterocycles. The van der Waals surface area contributed by atoms with Gasteiger partial charge in [-0.05, 0) is 42.0 Å². The molecule has 1 saturated heterocycles. The molecule has 0 spiro atoms. The summed E-state index contributed by atoms with van der Waals surface area (Å²) < 4.78 is 22.0. The molecule has 1 aromatic heterocycles. The van der Waals surface area contributed by atoms with Crippen molar-refractivity contribution in [1.82, 2.24) is 9.80 Å². The molecule has 3 aromatic rings. The van der Waals surface area contributed by atoms with Crippen molar-refractivity contribution in [3.63, 3.8) is 0 Å². The van der Waals surface area contributed by atoms with Crippen molar-refractivity contribution < 1.29 is 23.4 Å². The number of rotatable bonds is 8. The van der Waals surface area contributed by atoms with Gasteiger partial charge in [0.05, 0.1) is 14.2 Å². The van der Waals surface area contributed by atoms with E-state index >= 15 is 0 Å². The first-order valence-corrected chi connectivity index (χ1v) is 10.6. The Morgan fingerprint density at radius 3 is 2.31 bits per heavy atom. The first kappa shape index (κ1) is 21.8. The highest BCUT2D eigenvalue weighted by Crippen LogP contribution is 2.21. The average molecular weight is 437 g/mol. The van der Waals surface area contributed by atoms with Crippen LogP contribution in [0.15, 0.2) is 65.1 Å². The van der Waals surface area contributed by atoms with Crippen LogP contribution in [0.1, 0.15) is 21.9 Å². The molecule has 4 rings (SSSR count). The second-order valence-electron chi connectivity index (χ2n) is 7.65. The van der Waals surface area contributed by atoms with Crippen LogP contribution in [0.4, 0.5) is 0 Å². The molecule has 2 aromatic carbocycles. The van der Waals surface area contributed by atoms with Gasteiger partial charge in [-0.25, -0.2) is 0 Å². The van der Waals surface area contributed by atoms with Gasteiger partial charge in [0.2, 0.25) is 0 Å². The van der Waals surface area contributed by atoms with Crippen LogP contribution in [0.2, 0.25) is 0 Å². The quantitative estimate of drug-likeness (QED) is 0.535. The molecule has 7 nitrogen and oxygen atoms in total. The minimum atomic E-state index is -0.0846. The second kappa shape index (κ2) is 10.2. The summed E-state index contributed by atoms with van der Waals surface area (Å²) in [5.41, 5.74) is 1.20. The molecule has 1 fully saturated rings. The molecule has 0 aliphatic carbocycles. The Morgan fingerprint density at radius 1 is 0.875 bits per heavy atom. The zero-order valence-electron chi connectivity index (χ0n) is 18.5. The molecule has 0 bridgehead atoms. The maximum atomic E-state index is 12.9. The zero-order valence-corrected chi connectivity index (χ0v) is 18.5. The molecular formula is C25H28N2O5. The van der Waals surface area contributed by atoms with Crippen LogP contribution in [0.25, 0.3) is 0 Å². The van der Waals surface area contributed by atoms with Gasteiger partial charge in [0, 0.05) is 38.8 Å². The summed E-state index contributed by atoms with van der Waals surface area (Å²) >= 11 is 0. The topological polar surface area (TPSA) is 64.4 Å². The average Bonchev–Trinajstić information content (AvgIpc) is 3.32. The molecule has 0 radical (unpaired) electrons. The van der Waals surface area contributed by atoms with Gasteiger partial charge in [-0.2, -0.15) is 0 Å². The van der Waals surface area contributed by atoms with E-state index < -0.39 is 0 Å². The summed E-state index contributed by atoms with van der Waals surface area (Å²) in [6, 6.07) is 19.0. The summed E-state index contributed by atoms with van der Waals surface area (Å²) in [5, 5.41) is 0. The Hall–Kier alpha value is -3.45. The second-order valence-corrected chi connectivity index (χ2v) is 7.65. The number of benzene rings is 2. The van der Waals surface area contributed by atoms with Crippen molar-refractivity contribution in [2.45, 2.75) is 13.2 Å². The minimum absolute atomic E-state index is 0.0846. The van der Waals surface area contributed by atoms with E-state index in [0.717, 1.165) is 31.1 Å². The first-order chi connectivity index (χ1) is 15.6. The number of furan rings is 1. The van der Waals surface area contributed by atoms with Crippen LogP contribution < -0.4 is 14.2 Å². The van der Waals surface area contributed by atoms with Crippen molar-refractivity contribution >= 4 is 5.91 Å². The molecule has 7 heteroatoms. The Bertz CT molecular complexity index is 1040. The molecule has 1 amide bonds. The number of ether oxygens (including phenoxy) is 3. The third-order valence-corrected chi connectivity index (χ3v) is 5.49. The molecule has 1 aliphatic rings. The fourth-order valence-corrected chi connectivity index (χ4v) is 3.71. The van der Waals surface area contributed by atoms with Crippen LogP contribution in [0, 0.1) is 0 Å². The number of nitrogens with zero attached hydrogens (tertiary/aromatic N) is 2. The molecule has 0 N–H and O–H groups in total. The van der Waals surface area contributed by atoms with Crippen LogP contribution in [0.3, 0.4) is 0 Å². The lowest BCUT2D eigenvalue weighted by molar-refractivity contribution is 0.0594. The van der Waals surface area contributed by atoms with Crippen LogP contribution in [-0.4, -0.2) is 56.1 Å². The summed E-state index contributed by atoms with van der Waals surface area (Å²) in [5.74, 6) is 3.13. The van der Waals surface area contributed by atoms with E-state index in [9.17, 15) is 4.79 Å². The van der Waals surface area contributed by atoms with Crippen LogP contribution >= 0.6 is 0 Å². The van der Waals surface area contributed by atoms with E-state index in [4.69, 9.17) is 18.6 Å². The molecule has 168 valence electrons. The third-order valence-electron chi connectivity index (χ3n) is 5.49. The maximum Gasteiger partial charge on any atom is 0.289 e. The van der Waals surface area contributed by atoms with Gasteiger partial charge in [0.25, 0.3) is 5.91 Å². The molecule has 32 heavy (non-hydrogen) atoms. The number of carbonyl (C=O) groups is 1. The monoisotopic (exact) mass is 436 g/mol. The SMILES string of the molecule is COc1cccc(CN2CCN(C(=O)c3ccc(COc4cccc(OC)c4)o3)CC2)c1. The zero-order chi connectivity index (χ0) is 22.3. The molecule has 2 heterocycles. The highest BCUT2D eigenvalue weighted by molar-refractivity contribution is 5.91. The Balaban J connectivity index is 1.27. The standard InChI is InChI=1S/C25H28N2O5/c1-29-20-6-3-5-19(15-20)17-26-11-13-27(14-12-26)25(28)24-10-9-23(32-24)18-31-22-8-4-7-21(16-22)30-2/h3-10,15-16H,11-14,17-18H2,1-2H3. The van der Waals surface area contributed by atoms with Crippen molar-refractivity contribution in [3.05, 3.63) is 77.7 Å². The van der Waals surface area contributed by atoms with E-state index in [1.54, 1.807) is 32.4 Å². The number of amides is 1. The lowest BCUT2D eigenvalue weighted by Gasteiger charge is -2.34. The van der Waals surface area contributed by atoms with E-state index in [1.807, 2.05) is 35.2 Å². The Labute approximate surface area is 188 Å². The van der Waals surface area contributed by atoms with E-state index in [1.165, 1.54) is 5.56 Å². The van der Waals surface area contributed by atoms with Gasteiger partial charge < -0.3 is 23.5 Å². The molecule has 0 saturated carbocycles. The summed E-state index contributed by atoms with van der Waals surface area (Å²) in [6.45, 7) is 4.05.